The first-order valence-electron chi connectivity index (χ1n) is 20.0. The van der Waals surface area contributed by atoms with Gasteiger partial charge in [0.25, 0.3) is 5.91 Å². The molecule has 1 aromatic heterocycles. The number of fused-ring (bicyclic) bond motifs is 1. The van der Waals surface area contributed by atoms with Gasteiger partial charge in [0, 0.05) is 47.4 Å². The first-order chi connectivity index (χ1) is 28.3. The van der Waals surface area contributed by atoms with E-state index in [1.807, 2.05) is 30.3 Å². The summed E-state index contributed by atoms with van der Waals surface area (Å²) in [5.41, 5.74) is -0.0509. The quantitative estimate of drug-likeness (QED) is 0.123. The van der Waals surface area contributed by atoms with E-state index in [2.05, 4.69) is 16.6 Å². The van der Waals surface area contributed by atoms with Crippen molar-refractivity contribution in [2.45, 2.75) is 108 Å². The van der Waals surface area contributed by atoms with E-state index in [4.69, 9.17) is 14.5 Å². The molecule has 320 valence electrons. The highest BCUT2D eigenvalue weighted by molar-refractivity contribution is 7.91. The van der Waals surface area contributed by atoms with Crippen LogP contribution in [0.1, 0.15) is 73.1 Å². The van der Waals surface area contributed by atoms with Gasteiger partial charge in [-0.3, -0.25) is 28.8 Å². The summed E-state index contributed by atoms with van der Waals surface area (Å²) >= 11 is 0. The number of likely N-dealkylation sites (tertiary alicyclic amines) is 1. The molecule has 0 unspecified atom stereocenters. The standard InChI is InChI=1S/C44H53N5O10S/c1-8-28-24-44(28,41(53)47-60(56,57)32-16-17-32)46-39(51)37-22-31(25-48(37)40(52)36(19-14-29(50)20-26(2)3)49(42(54)55)43(4,5)6)59-38-23-34(27-12-10-9-11-13-27)45-35-21-30(58-7)15-18-33(35)38/h8-13,15,18,20-21,23,28,31-32,36-37H,1,14,16-17,19,22,24-25H2,2-7H3,(H,46,51)(H,47,53)(H,54,55)/t28-,31-,36+,37+,44-/m1/s1. The molecule has 60 heavy (non-hydrogen) atoms. The normalized spacial score (nSPS) is 21.6. The Morgan fingerprint density at radius 3 is 2.37 bits per heavy atom. The van der Waals surface area contributed by atoms with Crippen LogP contribution in [0.2, 0.25) is 0 Å². The molecule has 0 spiro atoms. The monoisotopic (exact) mass is 843 g/mol. The number of rotatable bonds is 16. The Hall–Kier alpha value is -5.77. The zero-order chi connectivity index (χ0) is 43.7. The third-order valence-electron chi connectivity index (χ3n) is 11.1. The van der Waals surface area contributed by atoms with Gasteiger partial charge >= 0.3 is 6.09 Å². The number of benzene rings is 2. The highest BCUT2D eigenvalue weighted by atomic mass is 32.2. The number of carbonyl (C=O) groups is 5. The molecule has 16 heteroatoms. The van der Waals surface area contributed by atoms with Crippen LogP contribution in [-0.2, 0) is 29.2 Å². The van der Waals surface area contributed by atoms with Gasteiger partial charge in [0.1, 0.15) is 35.2 Å². The summed E-state index contributed by atoms with van der Waals surface area (Å²) in [6, 6.07) is 13.8. The molecule has 1 saturated heterocycles. The topological polar surface area (TPSA) is 202 Å². The van der Waals surface area contributed by atoms with Gasteiger partial charge in [-0.15, -0.1) is 6.58 Å². The summed E-state index contributed by atoms with van der Waals surface area (Å²) in [6.45, 7) is 12.0. The van der Waals surface area contributed by atoms with Crippen molar-refractivity contribution in [3.05, 3.63) is 78.9 Å². The minimum atomic E-state index is -3.97. The summed E-state index contributed by atoms with van der Waals surface area (Å²) in [4.78, 5) is 76.2. The number of nitrogens with one attached hydrogen (secondary N) is 2. The predicted molar refractivity (Wildman–Crippen MR) is 225 cm³/mol. The fourth-order valence-corrected chi connectivity index (χ4v) is 9.21. The van der Waals surface area contributed by atoms with Crippen LogP contribution in [0.3, 0.4) is 0 Å². The van der Waals surface area contributed by atoms with Gasteiger partial charge in [0.05, 0.1) is 30.1 Å². The van der Waals surface area contributed by atoms with E-state index in [0.717, 1.165) is 16.0 Å². The van der Waals surface area contributed by atoms with Crippen molar-refractivity contribution < 1.29 is 47.0 Å². The molecular weight excluding hydrogens is 791 g/mol. The molecule has 0 radical (unpaired) electrons. The van der Waals surface area contributed by atoms with Crippen LogP contribution in [0.25, 0.3) is 22.2 Å². The van der Waals surface area contributed by atoms with E-state index in [0.29, 0.717) is 40.9 Å². The van der Waals surface area contributed by atoms with Crippen molar-refractivity contribution >= 4 is 50.5 Å². The molecule has 2 heterocycles. The Morgan fingerprint density at radius 1 is 1.08 bits per heavy atom. The van der Waals surface area contributed by atoms with Gasteiger partial charge in [0.2, 0.25) is 21.8 Å². The van der Waals surface area contributed by atoms with E-state index in [1.54, 1.807) is 66.0 Å². The summed E-state index contributed by atoms with van der Waals surface area (Å²) in [7, 11) is -2.42. The number of carbonyl (C=O) groups excluding carboxylic acids is 4. The summed E-state index contributed by atoms with van der Waals surface area (Å²) in [5.74, 6) is -2.31. The number of hydrogen-bond donors (Lipinski definition) is 3. The molecule has 4 amide bonds. The number of sulfonamides is 1. The number of pyridine rings is 1. The maximum atomic E-state index is 15.0. The number of methoxy groups -OCH3 is 1. The minimum absolute atomic E-state index is 0.0789. The van der Waals surface area contributed by atoms with Gasteiger partial charge in [-0.05, 0) is 78.5 Å². The highest BCUT2D eigenvalue weighted by Gasteiger charge is 2.62. The number of ketones is 1. The van der Waals surface area contributed by atoms with Crippen molar-refractivity contribution in [1.29, 1.82) is 0 Å². The first-order valence-corrected chi connectivity index (χ1v) is 21.5. The van der Waals surface area contributed by atoms with Gasteiger partial charge < -0.3 is 24.8 Å². The summed E-state index contributed by atoms with van der Waals surface area (Å²) in [6.07, 6.45) is 1.17. The second-order valence-corrected chi connectivity index (χ2v) is 18.9. The zero-order valence-corrected chi connectivity index (χ0v) is 35.6. The fourth-order valence-electron chi connectivity index (χ4n) is 7.85. The van der Waals surface area contributed by atoms with Crippen molar-refractivity contribution in [2.75, 3.05) is 13.7 Å². The first kappa shape index (κ1) is 43.8. The average molecular weight is 844 g/mol. The number of allylic oxidation sites excluding steroid dienone is 2. The number of carboxylic acid groups (broad SMARTS) is 1. The number of nitrogens with zero attached hydrogens (tertiary/aromatic N) is 3. The molecule has 3 N–H and O–H groups in total. The number of amides is 4. The SMILES string of the molecule is C=C[C@@H]1C[C@]1(NC(=O)[C@@H]1C[C@@H](Oc2cc(-c3ccccc3)nc3cc(OC)ccc23)CN1C(=O)[C@H](CCC(=O)C=C(C)C)N(C(=O)O)C(C)(C)C)C(=O)NS(=O)(=O)C1CC1. The van der Waals surface area contributed by atoms with Crippen molar-refractivity contribution in [1.82, 2.24) is 24.8 Å². The van der Waals surface area contributed by atoms with Crippen molar-refractivity contribution in [3.63, 3.8) is 0 Å². The van der Waals surface area contributed by atoms with E-state index < -0.39 is 74.3 Å². The van der Waals surface area contributed by atoms with Crippen LogP contribution in [0.15, 0.2) is 78.9 Å². The largest absolute Gasteiger partial charge is 0.497 e. The van der Waals surface area contributed by atoms with Gasteiger partial charge in [-0.2, -0.15) is 0 Å². The molecule has 3 fully saturated rings. The second kappa shape index (κ2) is 17.1. The second-order valence-electron chi connectivity index (χ2n) is 17.0. The highest BCUT2D eigenvalue weighted by Crippen LogP contribution is 2.46. The van der Waals surface area contributed by atoms with E-state index in [9.17, 15) is 37.5 Å². The van der Waals surface area contributed by atoms with Gasteiger partial charge in [-0.1, -0.05) is 42.0 Å². The Morgan fingerprint density at radius 2 is 1.78 bits per heavy atom. The van der Waals surface area contributed by atoms with Crippen LogP contribution in [-0.4, -0.2) is 106 Å². The lowest BCUT2D eigenvalue weighted by atomic mass is 9.98. The van der Waals surface area contributed by atoms with Crippen LogP contribution >= 0.6 is 0 Å². The molecule has 2 saturated carbocycles. The third-order valence-corrected chi connectivity index (χ3v) is 12.9. The lowest BCUT2D eigenvalue weighted by molar-refractivity contribution is -0.144. The van der Waals surface area contributed by atoms with Gasteiger partial charge in [0.15, 0.2) is 5.78 Å². The van der Waals surface area contributed by atoms with E-state index in [-0.39, 0.29) is 38.0 Å². The van der Waals surface area contributed by atoms with Crippen molar-refractivity contribution in [2.24, 2.45) is 5.92 Å². The Bertz CT molecular complexity index is 2340. The van der Waals surface area contributed by atoms with E-state index in [1.165, 1.54) is 17.1 Å². The molecule has 5 atom stereocenters. The lowest BCUT2D eigenvalue weighted by Crippen LogP contribution is -2.61. The fraction of sp³-hybridized carbons (Fsp3) is 0.455. The molecule has 2 aliphatic carbocycles. The lowest BCUT2D eigenvalue weighted by Gasteiger charge is -2.41. The van der Waals surface area contributed by atoms with Crippen LogP contribution in [0.5, 0.6) is 11.5 Å². The molecule has 3 aliphatic rings. The minimum Gasteiger partial charge on any atom is -0.497 e. The van der Waals surface area contributed by atoms with Gasteiger partial charge in [-0.25, -0.2) is 18.2 Å². The molecule has 2 aromatic carbocycles. The van der Waals surface area contributed by atoms with Crippen LogP contribution in [0, 0.1) is 5.92 Å². The molecule has 6 rings (SSSR count). The smallest absolute Gasteiger partial charge is 0.408 e. The predicted octanol–water partition coefficient (Wildman–Crippen LogP) is 5.39. The number of aromatic nitrogens is 1. The van der Waals surface area contributed by atoms with Crippen molar-refractivity contribution in [3.8, 4) is 22.8 Å². The van der Waals surface area contributed by atoms with E-state index >= 15 is 0 Å². The Labute approximate surface area is 350 Å². The molecular formula is C44H53N5O10S. The average Bonchev–Trinajstić information content (AvgIpc) is 4.12. The zero-order valence-electron chi connectivity index (χ0n) is 34.8. The van der Waals surface area contributed by atoms with Crippen LogP contribution in [0.4, 0.5) is 4.79 Å². The molecule has 15 nitrogen and oxygen atoms in total. The molecule has 3 aromatic rings. The maximum absolute atomic E-state index is 15.0. The third kappa shape index (κ3) is 9.48. The number of ether oxygens (including phenoxy) is 2. The maximum Gasteiger partial charge on any atom is 0.408 e. The number of hydrogen-bond acceptors (Lipinski definition) is 10. The molecule has 1 aliphatic heterocycles. The molecule has 0 bridgehead atoms. The Balaban J connectivity index is 1.39. The summed E-state index contributed by atoms with van der Waals surface area (Å²) in [5, 5.41) is 13.2. The summed E-state index contributed by atoms with van der Waals surface area (Å²) < 4.78 is 40.0. The Kier molecular flexibility index (Phi) is 12.5. The van der Waals surface area contributed by atoms with Crippen LogP contribution < -0.4 is 19.5 Å².